The standard InChI is InChI=1S/C49H36N4/c1-29-7-16-44-39(21-29)40-22-30(2)8-17-45(40)52(44)48-20-13-36(51-6)27-43(48)38-15-12-35(37-14-11-34(28-50)25-33(37)5)26-49(38)53-46-18-9-31(3)23-41(46)42-24-32(4)10-19-47(42)53/h7-27H,1-5H3. The maximum atomic E-state index is 9.63. The van der Waals surface area contributed by atoms with Crippen molar-refractivity contribution in [3.8, 4) is 39.7 Å². The average Bonchev–Trinajstić information content (AvgIpc) is 3.65. The van der Waals surface area contributed by atoms with Gasteiger partial charge in [-0.3, -0.25) is 0 Å². The quantitative estimate of drug-likeness (QED) is 0.171. The molecule has 0 N–H and O–H groups in total. The Morgan fingerprint density at radius 2 is 0.962 bits per heavy atom. The molecular weight excluding hydrogens is 645 g/mol. The van der Waals surface area contributed by atoms with E-state index in [9.17, 15) is 5.26 Å². The van der Waals surface area contributed by atoms with Crippen LogP contribution in [0.4, 0.5) is 5.69 Å². The van der Waals surface area contributed by atoms with Gasteiger partial charge in [-0.1, -0.05) is 70.8 Å². The fourth-order valence-corrected chi connectivity index (χ4v) is 8.19. The van der Waals surface area contributed by atoms with Crippen molar-refractivity contribution in [2.45, 2.75) is 34.6 Å². The Kier molecular flexibility index (Phi) is 7.33. The molecule has 252 valence electrons. The maximum Gasteiger partial charge on any atom is 0.188 e. The second kappa shape index (κ2) is 12.1. The van der Waals surface area contributed by atoms with E-state index in [1.165, 1.54) is 43.8 Å². The molecule has 53 heavy (non-hydrogen) atoms. The largest absolute Gasteiger partial charge is 0.309 e. The van der Waals surface area contributed by atoms with Gasteiger partial charge < -0.3 is 9.13 Å². The number of hydrogen-bond donors (Lipinski definition) is 0. The summed E-state index contributed by atoms with van der Waals surface area (Å²) in [5, 5.41) is 14.5. The molecular formula is C49H36N4. The van der Waals surface area contributed by atoms with E-state index in [4.69, 9.17) is 6.57 Å². The molecule has 0 unspecified atom stereocenters. The van der Waals surface area contributed by atoms with E-state index in [2.05, 4.69) is 164 Å². The first kappa shape index (κ1) is 32.1. The van der Waals surface area contributed by atoms with E-state index < -0.39 is 0 Å². The van der Waals surface area contributed by atoms with Crippen LogP contribution in [0.2, 0.25) is 0 Å². The normalized spacial score (nSPS) is 11.5. The molecule has 9 rings (SSSR count). The van der Waals surface area contributed by atoms with Gasteiger partial charge in [-0.15, -0.1) is 0 Å². The van der Waals surface area contributed by atoms with Crippen molar-refractivity contribution >= 4 is 49.3 Å². The van der Waals surface area contributed by atoms with Gasteiger partial charge in [-0.2, -0.15) is 5.26 Å². The Morgan fingerprint density at radius 3 is 1.43 bits per heavy atom. The topological polar surface area (TPSA) is 38.0 Å². The summed E-state index contributed by atoms with van der Waals surface area (Å²) < 4.78 is 4.77. The van der Waals surface area contributed by atoms with Crippen molar-refractivity contribution in [1.29, 1.82) is 5.26 Å². The first-order valence-corrected chi connectivity index (χ1v) is 17.9. The number of nitriles is 1. The summed E-state index contributed by atoms with van der Waals surface area (Å²) in [4.78, 5) is 3.94. The van der Waals surface area contributed by atoms with Crippen LogP contribution in [0.5, 0.6) is 0 Å². The zero-order valence-corrected chi connectivity index (χ0v) is 30.4. The van der Waals surface area contributed by atoms with Gasteiger partial charge in [-0.05, 0) is 136 Å². The van der Waals surface area contributed by atoms with Crippen molar-refractivity contribution in [2.75, 3.05) is 0 Å². The number of benzene rings is 7. The highest BCUT2D eigenvalue weighted by molar-refractivity contribution is 6.12. The lowest BCUT2D eigenvalue weighted by Crippen LogP contribution is -2.02. The third-order valence-electron chi connectivity index (χ3n) is 10.7. The Balaban J connectivity index is 1.42. The van der Waals surface area contributed by atoms with Crippen LogP contribution in [0, 0.1) is 52.5 Å². The van der Waals surface area contributed by atoms with Gasteiger partial charge in [0.1, 0.15) is 0 Å². The SMILES string of the molecule is [C-]#[N+]c1ccc(-n2c3ccc(C)cc3c3cc(C)ccc32)c(-c2ccc(-c3ccc(C#N)cc3C)cc2-n2c3ccc(C)cc3c3cc(C)ccc32)c1. The van der Waals surface area contributed by atoms with Crippen LogP contribution in [0.1, 0.15) is 33.4 Å². The van der Waals surface area contributed by atoms with E-state index in [0.29, 0.717) is 11.3 Å². The number of rotatable bonds is 4. The fraction of sp³-hybridized carbons (Fsp3) is 0.102. The number of aryl methyl sites for hydroxylation is 5. The Morgan fingerprint density at radius 1 is 0.472 bits per heavy atom. The number of hydrogen-bond acceptors (Lipinski definition) is 1. The van der Waals surface area contributed by atoms with Crippen LogP contribution in [-0.2, 0) is 0 Å². The van der Waals surface area contributed by atoms with E-state index in [1.54, 1.807) is 0 Å². The van der Waals surface area contributed by atoms with Gasteiger partial charge >= 0.3 is 0 Å². The van der Waals surface area contributed by atoms with Gasteiger partial charge in [-0.25, -0.2) is 4.85 Å². The molecule has 0 atom stereocenters. The Hall–Kier alpha value is -6.88. The molecule has 0 radical (unpaired) electrons. The molecule has 0 aliphatic rings. The second-order valence-corrected chi connectivity index (χ2v) is 14.4. The van der Waals surface area contributed by atoms with Crippen molar-refractivity contribution in [2.24, 2.45) is 0 Å². The predicted octanol–water partition coefficient (Wildman–Crippen LogP) is 13.2. The molecule has 0 saturated heterocycles. The molecule has 7 aromatic carbocycles. The van der Waals surface area contributed by atoms with Crippen LogP contribution in [0.15, 0.2) is 127 Å². The van der Waals surface area contributed by atoms with Crippen LogP contribution in [0.3, 0.4) is 0 Å². The van der Waals surface area contributed by atoms with Gasteiger partial charge in [0, 0.05) is 27.1 Å². The maximum absolute atomic E-state index is 9.63. The summed E-state index contributed by atoms with van der Waals surface area (Å²) in [6.45, 7) is 18.8. The summed E-state index contributed by atoms with van der Waals surface area (Å²) in [6.07, 6.45) is 0. The molecule has 2 aromatic heterocycles. The molecule has 0 bridgehead atoms. The molecule has 0 spiro atoms. The molecule has 0 saturated carbocycles. The van der Waals surface area contributed by atoms with Crippen molar-refractivity contribution < 1.29 is 0 Å². The average molecular weight is 681 g/mol. The smallest absolute Gasteiger partial charge is 0.188 e. The molecule has 2 heterocycles. The number of nitrogens with zero attached hydrogens (tertiary/aromatic N) is 4. The highest BCUT2D eigenvalue weighted by Crippen LogP contribution is 2.44. The highest BCUT2D eigenvalue weighted by Gasteiger charge is 2.22. The first-order chi connectivity index (χ1) is 25.7. The molecule has 4 nitrogen and oxygen atoms in total. The fourth-order valence-electron chi connectivity index (χ4n) is 8.19. The molecule has 4 heteroatoms. The second-order valence-electron chi connectivity index (χ2n) is 14.4. The summed E-state index contributed by atoms with van der Waals surface area (Å²) in [5.41, 5.74) is 17.8. The van der Waals surface area contributed by atoms with E-state index >= 15 is 0 Å². The molecule has 0 aliphatic carbocycles. The minimum absolute atomic E-state index is 0.586. The first-order valence-electron chi connectivity index (χ1n) is 17.9. The number of aromatic nitrogens is 2. The highest BCUT2D eigenvalue weighted by atomic mass is 15.0. The monoisotopic (exact) mass is 680 g/mol. The third kappa shape index (κ3) is 5.11. The molecule has 0 aliphatic heterocycles. The predicted molar refractivity (Wildman–Crippen MR) is 221 cm³/mol. The minimum Gasteiger partial charge on any atom is -0.309 e. The van der Waals surface area contributed by atoms with Gasteiger partial charge in [0.25, 0.3) is 0 Å². The zero-order valence-electron chi connectivity index (χ0n) is 30.4. The van der Waals surface area contributed by atoms with Crippen LogP contribution >= 0.6 is 0 Å². The molecule has 0 amide bonds. The minimum atomic E-state index is 0.586. The summed E-state index contributed by atoms with van der Waals surface area (Å²) in [5.74, 6) is 0. The summed E-state index contributed by atoms with van der Waals surface area (Å²) in [6, 6.07) is 47.8. The Bertz CT molecular complexity index is 2960. The lowest BCUT2D eigenvalue weighted by atomic mass is 9.93. The van der Waals surface area contributed by atoms with Crippen LogP contribution in [0.25, 0.3) is 82.1 Å². The zero-order chi connectivity index (χ0) is 36.5. The lowest BCUT2D eigenvalue weighted by molar-refractivity contribution is 1.16. The van der Waals surface area contributed by atoms with Crippen LogP contribution in [-0.4, -0.2) is 9.13 Å². The molecule has 9 aromatic rings. The van der Waals surface area contributed by atoms with Gasteiger partial charge in [0.15, 0.2) is 5.69 Å². The van der Waals surface area contributed by atoms with E-state index in [-0.39, 0.29) is 0 Å². The Labute approximate surface area is 309 Å². The molecule has 0 fully saturated rings. The van der Waals surface area contributed by atoms with Crippen molar-refractivity contribution in [3.63, 3.8) is 0 Å². The number of fused-ring (bicyclic) bond motifs is 6. The van der Waals surface area contributed by atoms with Crippen molar-refractivity contribution in [3.05, 3.63) is 172 Å². The van der Waals surface area contributed by atoms with E-state index in [0.717, 1.165) is 61.3 Å². The van der Waals surface area contributed by atoms with E-state index in [1.807, 2.05) is 18.2 Å². The summed E-state index contributed by atoms with van der Waals surface area (Å²) in [7, 11) is 0. The van der Waals surface area contributed by atoms with Gasteiger partial charge in [0.2, 0.25) is 0 Å². The van der Waals surface area contributed by atoms with Gasteiger partial charge in [0.05, 0.1) is 51.6 Å². The van der Waals surface area contributed by atoms with Crippen molar-refractivity contribution in [1.82, 2.24) is 9.13 Å². The third-order valence-corrected chi connectivity index (χ3v) is 10.7. The lowest BCUT2D eigenvalue weighted by Gasteiger charge is -2.20. The van der Waals surface area contributed by atoms with Crippen LogP contribution < -0.4 is 0 Å². The summed E-state index contributed by atoms with van der Waals surface area (Å²) >= 11 is 0.